The first-order valence-electron chi connectivity index (χ1n) is 4.23. The molecule has 0 bridgehead atoms. The van der Waals surface area contributed by atoms with Gasteiger partial charge in [0.25, 0.3) is 5.91 Å². The SMILES string of the molecule is COC1COc2c(C(N)=O)ccc[n+]21. The van der Waals surface area contributed by atoms with Gasteiger partial charge in [-0.25, -0.2) is 0 Å². The molecule has 5 nitrogen and oxygen atoms in total. The largest absolute Gasteiger partial charge is 0.434 e. The topological polar surface area (TPSA) is 65.4 Å². The summed E-state index contributed by atoms with van der Waals surface area (Å²) in [5.41, 5.74) is 5.58. The van der Waals surface area contributed by atoms with Crippen LogP contribution in [-0.4, -0.2) is 19.6 Å². The molecule has 0 saturated carbocycles. The van der Waals surface area contributed by atoms with Crippen molar-refractivity contribution in [1.82, 2.24) is 0 Å². The summed E-state index contributed by atoms with van der Waals surface area (Å²) in [6.07, 6.45) is 1.62. The van der Waals surface area contributed by atoms with E-state index in [2.05, 4.69) is 0 Å². The Morgan fingerprint density at radius 1 is 1.79 bits per heavy atom. The lowest BCUT2D eigenvalue weighted by molar-refractivity contribution is -0.742. The summed E-state index contributed by atoms with van der Waals surface area (Å²) in [4.78, 5) is 11.0. The number of amides is 1. The van der Waals surface area contributed by atoms with Crippen LogP contribution in [0.25, 0.3) is 0 Å². The monoisotopic (exact) mass is 195 g/mol. The van der Waals surface area contributed by atoms with Crippen molar-refractivity contribution in [3.05, 3.63) is 23.9 Å². The number of pyridine rings is 1. The molecule has 74 valence electrons. The second-order valence-electron chi connectivity index (χ2n) is 3.00. The Bertz CT molecular complexity index is 378. The number of aromatic nitrogens is 1. The summed E-state index contributed by atoms with van der Waals surface area (Å²) in [6.45, 7) is 0.404. The second kappa shape index (κ2) is 3.26. The van der Waals surface area contributed by atoms with Crippen LogP contribution in [0, 0.1) is 0 Å². The van der Waals surface area contributed by atoms with Crippen molar-refractivity contribution < 1.29 is 18.8 Å². The zero-order valence-corrected chi connectivity index (χ0v) is 7.77. The minimum atomic E-state index is -0.494. The minimum absolute atomic E-state index is 0.177. The number of ether oxygens (including phenoxy) is 2. The fourth-order valence-corrected chi connectivity index (χ4v) is 1.49. The molecule has 0 aliphatic carbocycles. The van der Waals surface area contributed by atoms with Gasteiger partial charge in [-0.15, -0.1) is 4.57 Å². The highest BCUT2D eigenvalue weighted by Gasteiger charge is 2.35. The summed E-state index contributed by atoms with van der Waals surface area (Å²) < 4.78 is 12.2. The smallest absolute Gasteiger partial charge is 0.383 e. The molecular formula is C9H11N2O3+. The highest BCUT2D eigenvalue weighted by atomic mass is 16.6. The molecule has 1 atom stereocenters. The average Bonchev–Trinajstić information content (AvgIpc) is 2.59. The molecule has 1 unspecified atom stereocenters. The molecule has 0 saturated heterocycles. The van der Waals surface area contributed by atoms with Crippen LogP contribution < -0.4 is 15.0 Å². The molecule has 14 heavy (non-hydrogen) atoms. The lowest BCUT2D eigenvalue weighted by atomic mass is 10.2. The molecular weight excluding hydrogens is 184 g/mol. The van der Waals surface area contributed by atoms with E-state index >= 15 is 0 Å². The van der Waals surface area contributed by atoms with Crippen molar-refractivity contribution in [2.75, 3.05) is 13.7 Å². The standard InChI is InChI=1S/C9H10N2O3/c1-13-7-5-14-9-6(8(10)12)3-2-4-11(7)9/h2-4,7H,5H2,1H3,(H-,10,12)/p+1. The number of nitrogens with two attached hydrogens (primary N) is 1. The van der Waals surface area contributed by atoms with Gasteiger partial charge in [0.05, 0.1) is 0 Å². The van der Waals surface area contributed by atoms with Gasteiger partial charge in [0.2, 0.25) is 0 Å². The van der Waals surface area contributed by atoms with Crippen molar-refractivity contribution in [3.8, 4) is 5.88 Å². The van der Waals surface area contributed by atoms with E-state index in [0.717, 1.165) is 0 Å². The lowest BCUT2D eigenvalue weighted by Crippen LogP contribution is -2.38. The van der Waals surface area contributed by atoms with Gasteiger partial charge in [-0.2, -0.15) is 0 Å². The molecule has 5 heteroatoms. The molecule has 1 aliphatic heterocycles. The number of rotatable bonds is 2. The first-order chi connectivity index (χ1) is 6.74. The van der Waals surface area contributed by atoms with E-state index < -0.39 is 5.91 Å². The van der Waals surface area contributed by atoms with Crippen LogP contribution in [0.5, 0.6) is 5.88 Å². The van der Waals surface area contributed by atoms with E-state index in [1.807, 2.05) is 0 Å². The predicted octanol–water partition coefficient (Wildman–Crippen LogP) is -0.390. The maximum Gasteiger partial charge on any atom is 0.383 e. The molecule has 0 aromatic carbocycles. The lowest BCUT2D eigenvalue weighted by Gasteiger charge is -1.99. The maximum atomic E-state index is 11.0. The van der Waals surface area contributed by atoms with E-state index in [-0.39, 0.29) is 6.23 Å². The Hall–Kier alpha value is -1.62. The molecule has 0 fully saturated rings. The first kappa shape index (κ1) is 8.96. The maximum absolute atomic E-state index is 11.0. The van der Waals surface area contributed by atoms with Crippen molar-refractivity contribution in [2.45, 2.75) is 6.23 Å². The molecule has 2 N–H and O–H groups in total. The van der Waals surface area contributed by atoms with E-state index in [1.165, 1.54) is 0 Å². The van der Waals surface area contributed by atoms with Gasteiger partial charge < -0.3 is 15.2 Å². The highest BCUT2D eigenvalue weighted by molar-refractivity contribution is 5.94. The Kier molecular flexibility index (Phi) is 2.09. The molecule has 1 aromatic rings. The van der Waals surface area contributed by atoms with Crippen LogP contribution in [0.2, 0.25) is 0 Å². The van der Waals surface area contributed by atoms with Gasteiger partial charge in [0, 0.05) is 13.2 Å². The second-order valence-corrected chi connectivity index (χ2v) is 3.00. The van der Waals surface area contributed by atoms with Gasteiger partial charge in [0.15, 0.2) is 18.4 Å². The van der Waals surface area contributed by atoms with E-state index in [0.29, 0.717) is 18.1 Å². The van der Waals surface area contributed by atoms with Gasteiger partial charge >= 0.3 is 12.1 Å². The Morgan fingerprint density at radius 2 is 2.57 bits per heavy atom. The summed E-state index contributed by atoms with van der Waals surface area (Å²) in [5.74, 6) is -0.0158. The van der Waals surface area contributed by atoms with Crippen molar-refractivity contribution in [2.24, 2.45) is 5.73 Å². The number of hydrogen-bond acceptors (Lipinski definition) is 3. The van der Waals surface area contributed by atoms with Crippen molar-refractivity contribution >= 4 is 5.91 Å². The Morgan fingerprint density at radius 3 is 3.21 bits per heavy atom. The van der Waals surface area contributed by atoms with E-state index in [9.17, 15) is 4.79 Å². The average molecular weight is 195 g/mol. The number of fused-ring (bicyclic) bond motifs is 1. The van der Waals surface area contributed by atoms with Crippen LogP contribution in [0.1, 0.15) is 16.6 Å². The van der Waals surface area contributed by atoms with Crippen LogP contribution in [0.15, 0.2) is 18.3 Å². The minimum Gasteiger partial charge on any atom is -0.434 e. The fourth-order valence-electron chi connectivity index (χ4n) is 1.49. The van der Waals surface area contributed by atoms with Gasteiger partial charge in [-0.05, 0) is 6.07 Å². The van der Waals surface area contributed by atoms with Crippen LogP contribution in [-0.2, 0) is 4.74 Å². The third-order valence-electron chi connectivity index (χ3n) is 2.18. The van der Waals surface area contributed by atoms with Gasteiger partial charge in [0.1, 0.15) is 0 Å². The summed E-state index contributed by atoms with van der Waals surface area (Å²) in [7, 11) is 1.59. The molecule has 2 rings (SSSR count). The van der Waals surface area contributed by atoms with Crippen molar-refractivity contribution in [3.63, 3.8) is 0 Å². The number of carbonyl (C=O) groups is 1. The number of carbonyl (C=O) groups excluding carboxylic acids is 1. The highest BCUT2D eigenvalue weighted by Crippen LogP contribution is 2.20. The third-order valence-corrected chi connectivity index (χ3v) is 2.18. The van der Waals surface area contributed by atoms with Crippen LogP contribution in [0.3, 0.4) is 0 Å². The van der Waals surface area contributed by atoms with E-state index in [1.54, 1.807) is 30.0 Å². The molecule has 1 aliphatic rings. The van der Waals surface area contributed by atoms with Crippen LogP contribution >= 0.6 is 0 Å². The van der Waals surface area contributed by atoms with E-state index in [4.69, 9.17) is 15.2 Å². The normalized spacial score (nSPS) is 18.8. The molecule has 1 amide bonds. The fraction of sp³-hybridized carbons (Fsp3) is 0.333. The quantitative estimate of drug-likeness (QED) is 0.653. The number of hydrogen-bond donors (Lipinski definition) is 1. The Labute approximate surface area is 81.0 Å². The van der Waals surface area contributed by atoms with Gasteiger partial charge in [-0.1, -0.05) is 0 Å². The van der Waals surface area contributed by atoms with Crippen molar-refractivity contribution in [1.29, 1.82) is 0 Å². The summed E-state index contributed by atoms with van der Waals surface area (Å²) in [5, 5.41) is 0. The number of primary amides is 1. The number of nitrogens with zero attached hydrogens (tertiary/aromatic N) is 1. The summed E-state index contributed by atoms with van der Waals surface area (Å²) >= 11 is 0. The zero-order valence-electron chi connectivity index (χ0n) is 7.77. The van der Waals surface area contributed by atoms with Gasteiger partial charge in [-0.3, -0.25) is 4.79 Å². The predicted molar refractivity (Wildman–Crippen MR) is 46.7 cm³/mol. The van der Waals surface area contributed by atoms with Crippen LogP contribution in [0.4, 0.5) is 0 Å². The molecule has 0 radical (unpaired) electrons. The first-order valence-corrected chi connectivity index (χ1v) is 4.23. The molecule has 0 spiro atoms. The molecule has 2 heterocycles. The third kappa shape index (κ3) is 1.22. The summed E-state index contributed by atoms with van der Waals surface area (Å²) in [6, 6.07) is 3.37. The molecule has 1 aromatic heterocycles. The number of methoxy groups -OCH3 is 1. The zero-order chi connectivity index (χ0) is 10.1. The Balaban J connectivity index is 2.49.